The van der Waals surface area contributed by atoms with Crippen molar-refractivity contribution in [1.82, 2.24) is 29.8 Å². The summed E-state index contributed by atoms with van der Waals surface area (Å²) < 4.78 is 7.70. The fourth-order valence-electron chi connectivity index (χ4n) is 2.05. The van der Waals surface area contributed by atoms with Crippen LogP contribution in [-0.2, 0) is 11.8 Å². The Balaban J connectivity index is 0.00000264. The Morgan fingerprint density at radius 2 is 2.26 bits per heavy atom. The van der Waals surface area contributed by atoms with Gasteiger partial charge in [-0.2, -0.15) is 4.68 Å². The molecule has 0 unspecified atom stereocenters. The maximum absolute atomic E-state index is 12.3. The van der Waals surface area contributed by atoms with Crippen LogP contribution in [-0.4, -0.2) is 60.8 Å². The van der Waals surface area contributed by atoms with Gasteiger partial charge in [-0.25, -0.2) is 9.10 Å². The SMILES string of the molecule is CC(C)SN(CC(=O)[C@H]1CCCN1)C(=O)Oc1nnnn1C.Cl. The van der Waals surface area contributed by atoms with Crippen LogP contribution in [0.25, 0.3) is 0 Å². The number of aryl methyl sites for hydroxylation is 1. The highest BCUT2D eigenvalue weighted by Gasteiger charge is 2.28. The van der Waals surface area contributed by atoms with Gasteiger partial charge in [0.05, 0.1) is 12.6 Å². The molecule has 1 aliphatic heterocycles. The Labute approximate surface area is 145 Å². The number of Topliss-reactive ketones (excluding diaryl/α,β-unsaturated/α-hetero) is 1. The van der Waals surface area contributed by atoms with Gasteiger partial charge in [0.1, 0.15) is 0 Å². The van der Waals surface area contributed by atoms with Crippen LogP contribution in [0.1, 0.15) is 26.7 Å². The molecule has 1 aromatic rings. The van der Waals surface area contributed by atoms with Gasteiger partial charge in [0, 0.05) is 12.3 Å². The maximum atomic E-state index is 12.3. The lowest BCUT2D eigenvalue weighted by molar-refractivity contribution is -0.120. The van der Waals surface area contributed by atoms with Crippen LogP contribution in [0.5, 0.6) is 6.01 Å². The van der Waals surface area contributed by atoms with Gasteiger partial charge in [-0.15, -0.1) is 12.4 Å². The summed E-state index contributed by atoms with van der Waals surface area (Å²) in [6.07, 6.45) is 1.13. The Kier molecular flexibility index (Phi) is 7.73. The molecule has 0 bridgehead atoms. The van der Waals surface area contributed by atoms with Crippen LogP contribution < -0.4 is 10.1 Å². The van der Waals surface area contributed by atoms with E-state index < -0.39 is 6.09 Å². The van der Waals surface area contributed by atoms with E-state index in [1.165, 1.54) is 20.9 Å². The topological polar surface area (TPSA) is 102 Å². The minimum Gasteiger partial charge on any atom is -0.372 e. The van der Waals surface area contributed by atoms with E-state index in [-0.39, 0.29) is 42.0 Å². The predicted molar refractivity (Wildman–Crippen MR) is 87.5 cm³/mol. The number of halogens is 1. The zero-order valence-electron chi connectivity index (χ0n) is 13.3. The van der Waals surface area contributed by atoms with E-state index in [0.717, 1.165) is 19.4 Å². The van der Waals surface area contributed by atoms with Crippen LogP contribution >= 0.6 is 24.4 Å². The van der Waals surface area contributed by atoms with Crippen molar-refractivity contribution in [2.24, 2.45) is 7.05 Å². The fourth-order valence-corrected chi connectivity index (χ4v) is 2.88. The standard InChI is InChI=1S/C12H20N6O3S.ClH/c1-8(2)22-18(7-10(19)9-5-4-6-13-9)12(20)21-11-14-15-16-17(11)3;/h8-9,13H,4-7H2,1-3H3;1H/t9-;/m1./s1. The van der Waals surface area contributed by atoms with Crippen molar-refractivity contribution < 1.29 is 14.3 Å². The van der Waals surface area contributed by atoms with Crippen LogP contribution in [0.3, 0.4) is 0 Å². The second-order valence-corrected chi connectivity index (χ2v) is 6.85. The van der Waals surface area contributed by atoms with E-state index in [1.54, 1.807) is 7.05 Å². The molecule has 23 heavy (non-hydrogen) atoms. The molecule has 11 heteroatoms. The highest BCUT2D eigenvalue weighted by atomic mass is 35.5. The number of ketones is 1. The van der Waals surface area contributed by atoms with Crippen molar-refractivity contribution in [3.8, 4) is 6.01 Å². The molecule has 0 aromatic carbocycles. The lowest BCUT2D eigenvalue weighted by Crippen LogP contribution is -2.41. The van der Waals surface area contributed by atoms with Gasteiger partial charge in [0.2, 0.25) is 0 Å². The number of hydrogen-bond donors (Lipinski definition) is 1. The summed E-state index contributed by atoms with van der Waals surface area (Å²) in [5, 5.41) is 13.9. The number of nitrogens with zero attached hydrogens (tertiary/aromatic N) is 5. The molecule has 1 aromatic heterocycles. The van der Waals surface area contributed by atoms with E-state index in [4.69, 9.17) is 4.74 Å². The van der Waals surface area contributed by atoms with Crippen LogP contribution in [0.2, 0.25) is 0 Å². The number of nitrogens with one attached hydrogen (secondary N) is 1. The van der Waals surface area contributed by atoms with Crippen molar-refractivity contribution in [3.05, 3.63) is 0 Å². The summed E-state index contributed by atoms with van der Waals surface area (Å²) in [6, 6.07) is -0.189. The van der Waals surface area contributed by atoms with Gasteiger partial charge in [-0.05, 0) is 41.8 Å². The summed E-state index contributed by atoms with van der Waals surface area (Å²) >= 11 is 1.25. The number of aromatic nitrogens is 4. The number of rotatable bonds is 6. The van der Waals surface area contributed by atoms with Crippen LogP contribution in [0.4, 0.5) is 4.79 Å². The number of amides is 1. The highest BCUT2D eigenvalue weighted by Crippen LogP contribution is 2.19. The Morgan fingerprint density at radius 1 is 1.52 bits per heavy atom. The minimum atomic E-state index is -0.650. The van der Waals surface area contributed by atoms with E-state index in [2.05, 4.69) is 20.8 Å². The largest absolute Gasteiger partial charge is 0.428 e. The van der Waals surface area contributed by atoms with E-state index in [1.807, 2.05) is 13.8 Å². The molecular weight excluding hydrogens is 344 g/mol. The van der Waals surface area contributed by atoms with Gasteiger partial charge < -0.3 is 10.1 Å². The Bertz CT molecular complexity index is 535. The number of carbonyl (C=O) groups excluding carboxylic acids is 2. The second kappa shape index (κ2) is 9.04. The van der Waals surface area contributed by atoms with E-state index in [0.29, 0.717) is 0 Å². The molecule has 0 saturated carbocycles. The Morgan fingerprint density at radius 3 is 2.78 bits per heavy atom. The molecule has 1 fully saturated rings. The minimum absolute atomic E-state index is 0. The van der Waals surface area contributed by atoms with Crippen molar-refractivity contribution in [2.75, 3.05) is 13.1 Å². The van der Waals surface area contributed by atoms with E-state index in [9.17, 15) is 9.59 Å². The van der Waals surface area contributed by atoms with Gasteiger partial charge in [0.25, 0.3) is 0 Å². The Hall–Kier alpha value is -1.39. The first-order chi connectivity index (χ1) is 10.5. The molecule has 1 amide bonds. The lowest BCUT2D eigenvalue weighted by Gasteiger charge is -2.22. The summed E-state index contributed by atoms with van der Waals surface area (Å²) in [7, 11) is 1.57. The molecule has 1 aliphatic rings. The molecule has 1 saturated heterocycles. The second-order valence-electron chi connectivity index (χ2n) is 5.26. The number of tetrazole rings is 1. The molecule has 9 nitrogen and oxygen atoms in total. The monoisotopic (exact) mass is 364 g/mol. The third-order valence-electron chi connectivity index (χ3n) is 3.05. The first-order valence-corrected chi connectivity index (χ1v) is 7.95. The van der Waals surface area contributed by atoms with Crippen molar-refractivity contribution in [1.29, 1.82) is 0 Å². The van der Waals surface area contributed by atoms with Crippen molar-refractivity contribution >= 4 is 36.2 Å². The number of ether oxygens (including phenoxy) is 1. The lowest BCUT2D eigenvalue weighted by atomic mass is 10.1. The van der Waals surface area contributed by atoms with E-state index >= 15 is 0 Å². The third-order valence-corrected chi connectivity index (χ3v) is 4.00. The molecule has 1 N–H and O–H groups in total. The normalized spacial score (nSPS) is 17.0. The molecule has 0 radical (unpaired) electrons. The summed E-state index contributed by atoms with van der Waals surface area (Å²) in [4.78, 5) is 24.5. The van der Waals surface area contributed by atoms with Crippen LogP contribution in [0, 0.1) is 0 Å². The quantitative estimate of drug-likeness (QED) is 0.740. The third kappa shape index (κ3) is 5.63. The first kappa shape index (κ1) is 19.7. The molecule has 1 atom stereocenters. The van der Waals surface area contributed by atoms with Gasteiger partial charge in [-0.3, -0.25) is 4.79 Å². The average molecular weight is 365 g/mol. The molecule has 0 aliphatic carbocycles. The highest BCUT2D eigenvalue weighted by molar-refractivity contribution is 7.98. The molecule has 2 rings (SSSR count). The zero-order valence-corrected chi connectivity index (χ0v) is 14.9. The van der Waals surface area contributed by atoms with Gasteiger partial charge in [-0.1, -0.05) is 18.9 Å². The maximum Gasteiger partial charge on any atom is 0.428 e. The van der Waals surface area contributed by atoms with Crippen molar-refractivity contribution in [2.45, 2.75) is 38.0 Å². The molecular formula is C12H21ClN6O3S. The number of hydrogen-bond acceptors (Lipinski definition) is 8. The van der Waals surface area contributed by atoms with Gasteiger partial charge >= 0.3 is 12.1 Å². The molecule has 0 spiro atoms. The molecule has 130 valence electrons. The summed E-state index contributed by atoms with van der Waals surface area (Å²) in [5.41, 5.74) is 0. The van der Waals surface area contributed by atoms with Crippen molar-refractivity contribution in [3.63, 3.8) is 0 Å². The summed E-state index contributed by atoms with van der Waals surface area (Å²) in [5.74, 6) is -0.0151. The molecule has 2 heterocycles. The fraction of sp³-hybridized carbons (Fsp3) is 0.750. The number of carbonyl (C=O) groups is 2. The average Bonchev–Trinajstić information content (AvgIpc) is 3.10. The predicted octanol–water partition coefficient (Wildman–Crippen LogP) is 0.810. The van der Waals surface area contributed by atoms with Crippen LogP contribution in [0.15, 0.2) is 0 Å². The van der Waals surface area contributed by atoms with Gasteiger partial charge in [0.15, 0.2) is 5.78 Å². The smallest absolute Gasteiger partial charge is 0.372 e. The first-order valence-electron chi connectivity index (χ1n) is 7.12. The summed E-state index contributed by atoms with van der Waals surface area (Å²) in [6.45, 7) is 4.70. The zero-order chi connectivity index (χ0) is 16.1.